The molecular weight excluding hydrogens is 317 g/mol. The van der Waals surface area contributed by atoms with Crippen LogP contribution in [0.5, 0.6) is 0 Å². The van der Waals surface area contributed by atoms with Gasteiger partial charge in [-0.05, 0) is 52.9 Å². The lowest BCUT2D eigenvalue weighted by molar-refractivity contribution is 0.00807. The predicted molar refractivity (Wildman–Crippen MR) is 70.9 cm³/mol. The molecule has 1 aliphatic rings. The van der Waals surface area contributed by atoms with E-state index >= 15 is 0 Å². The highest BCUT2D eigenvalue weighted by molar-refractivity contribution is 14.1. The molecule has 1 aliphatic heterocycles. The third-order valence-electron chi connectivity index (χ3n) is 2.83. The molecule has 1 N–H and O–H groups in total. The SMILES string of the molecule is CNCc1cc(I)c(C2COC2)cc1C=O. The fraction of sp³-hybridized carbons (Fsp3) is 0.417. The van der Waals surface area contributed by atoms with E-state index in [1.165, 1.54) is 9.13 Å². The normalized spacial score (nSPS) is 15.9. The van der Waals surface area contributed by atoms with E-state index in [1.54, 1.807) is 0 Å². The average Bonchev–Trinajstić information content (AvgIpc) is 2.19. The van der Waals surface area contributed by atoms with Crippen LogP contribution in [0.25, 0.3) is 0 Å². The summed E-state index contributed by atoms with van der Waals surface area (Å²) in [7, 11) is 1.88. The fourth-order valence-corrected chi connectivity index (χ4v) is 2.80. The molecule has 4 heteroatoms. The Morgan fingerprint density at radius 1 is 1.56 bits per heavy atom. The summed E-state index contributed by atoms with van der Waals surface area (Å²) >= 11 is 2.33. The number of hydrogen-bond acceptors (Lipinski definition) is 3. The van der Waals surface area contributed by atoms with E-state index in [0.717, 1.165) is 37.2 Å². The highest BCUT2D eigenvalue weighted by atomic mass is 127. The molecule has 1 aromatic carbocycles. The number of carbonyl (C=O) groups is 1. The van der Waals surface area contributed by atoms with Crippen LogP contribution in [0.15, 0.2) is 12.1 Å². The van der Waals surface area contributed by atoms with Crippen molar-refractivity contribution in [3.63, 3.8) is 0 Å². The Kier molecular flexibility index (Phi) is 3.94. The van der Waals surface area contributed by atoms with Gasteiger partial charge in [0.2, 0.25) is 0 Å². The van der Waals surface area contributed by atoms with Crippen LogP contribution < -0.4 is 5.32 Å². The van der Waals surface area contributed by atoms with Gasteiger partial charge < -0.3 is 10.1 Å². The standard InChI is InChI=1S/C12H14INO2/c1-14-4-8-3-12(13)11(2-9(8)5-15)10-6-16-7-10/h2-3,5,10,14H,4,6-7H2,1H3. The molecule has 1 heterocycles. The second-order valence-electron chi connectivity index (χ2n) is 3.96. The van der Waals surface area contributed by atoms with Crippen molar-refractivity contribution in [3.8, 4) is 0 Å². The zero-order valence-corrected chi connectivity index (χ0v) is 11.3. The molecule has 0 spiro atoms. The third kappa shape index (κ3) is 2.28. The number of aldehydes is 1. The van der Waals surface area contributed by atoms with Crippen LogP contribution in [-0.4, -0.2) is 26.5 Å². The van der Waals surface area contributed by atoms with E-state index in [9.17, 15) is 4.79 Å². The molecule has 0 unspecified atom stereocenters. The van der Waals surface area contributed by atoms with Gasteiger partial charge in [-0.3, -0.25) is 4.79 Å². The van der Waals surface area contributed by atoms with Crippen molar-refractivity contribution >= 4 is 28.9 Å². The van der Waals surface area contributed by atoms with Crippen LogP contribution in [-0.2, 0) is 11.3 Å². The molecule has 0 aromatic heterocycles. The Hall–Kier alpha value is -0.460. The number of carbonyl (C=O) groups excluding carboxylic acids is 1. The Labute approximate surface area is 109 Å². The van der Waals surface area contributed by atoms with Gasteiger partial charge in [0, 0.05) is 21.6 Å². The second kappa shape index (κ2) is 5.25. The summed E-state index contributed by atoms with van der Waals surface area (Å²) in [5.41, 5.74) is 3.09. The average molecular weight is 331 g/mol. The van der Waals surface area contributed by atoms with Gasteiger partial charge in [0.15, 0.2) is 0 Å². The van der Waals surface area contributed by atoms with Gasteiger partial charge in [-0.1, -0.05) is 0 Å². The van der Waals surface area contributed by atoms with Crippen LogP contribution in [0.1, 0.15) is 27.4 Å². The molecule has 2 rings (SSSR count). The zero-order chi connectivity index (χ0) is 11.5. The Morgan fingerprint density at radius 3 is 2.81 bits per heavy atom. The minimum Gasteiger partial charge on any atom is -0.380 e. The van der Waals surface area contributed by atoms with Crippen LogP contribution in [0.4, 0.5) is 0 Å². The summed E-state index contributed by atoms with van der Waals surface area (Å²) < 4.78 is 6.42. The van der Waals surface area contributed by atoms with Gasteiger partial charge >= 0.3 is 0 Å². The minimum absolute atomic E-state index is 0.467. The topological polar surface area (TPSA) is 38.3 Å². The molecule has 1 fully saturated rings. The summed E-state index contributed by atoms with van der Waals surface area (Å²) in [6.07, 6.45) is 0.936. The molecule has 0 aliphatic carbocycles. The van der Waals surface area contributed by atoms with E-state index in [0.29, 0.717) is 5.92 Å². The predicted octanol–water partition coefficient (Wildman–Crippen LogP) is 1.94. The summed E-state index contributed by atoms with van der Waals surface area (Å²) in [6.45, 7) is 2.28. The van der Waals surface area contributed by atoms with Crippen LogP contribution in [0.3, 0.4) is 0 Å². The molecule has 1 aromatic rings. The number of benzene rings is 1. The summed E-state index contributed by atoms with van der Waals surface area (Å²) in [6, 6.07) is 4.10. The van der Waals surface area contributed by atoms with Gasteiger partial charge in [0.1, 0.15) is 6.29 Å². The number of nitrogens with one attached hydrogen (secondary N) is 1. The van der Waals surface area contributed by atoms with Gasteiger partial charge in [-0.25, -0.2) is 0 Å². The number of ether oxygens (including phenoxy) is 1. The molecular formula is C12H14INO2. The van der Waals surface area contributed by atoms with Crippen molar-refractivity contribution in [1.29, 1.82) is 0 Å². The van der Waals surface area contributed by atoms with E-state index in [-0.39, 0.29) is 0 Å². The van der Waals surface area contributed by atoms with Crippen LogP contribution in [0.2, 0.25) is 0 Å². The first kappa shape index (κ1) is 12.0. The van der Waals surface area contributed by atoms with Gasteiger partial charge in [-0.2, -0.15) is 0 Å². The van der Waals surface area contributed by atoms with E-state index in [1.807, 2.05) is 13.1 Å². The summed E-state index contributed by atoms with van der Waals surface area (Å²) in [5, 5.41) is 3.08. The lowest BCUT2D eigenvalue weighted by Crippen LogP contribution is -2.26. The van der Waals surface area contributed by atoms with Gasteiger partial charge in [-0.15, -0.1) is 0 Å². The molecule has 0 saturated carbocycles. The molecule has 86 valence electrons. The Balaban J connectivity index is 2.36. The van der Waals surface area contributed by atoms with Crippen LogP contribution in [0, 0.1) is 3.57 Å². The highest BCUT2D eigenvalue weighted by Gasteiger charge is 2.23. The molecule has 1 saturated heterocycles. The highest BCUT2D eigenvalue weighted by Crippen LogP contribution is 2.30. The maximum absolute atomic E-state index is 11.0. The van der Waals surface area contributed by atoms with E-state index < -0.39 is 0 Å². The largest absolute Gasteiger partial charge is 0.380 e. The monoisotopic (exact) mass is 331 g/mol. The third-order valence-corrected chi connectivity index (χ3v) is 3.76. The first-order valence-electron chi connectivity index (χ1n) is 5.26. The second-order valence-corrected chi connectivity index (χ2v) is 5.12. The molecule has 0 atom stereocenters. The van der Waals surface area contributed by atoms with E-state index in [4.69, 9.17) is 4.74 Å². The fourth-order valence-electron chi connectivity index (χ4n) is 1.83. The van der Waals surface area contributed by atoms with Crippen molar-refractivity contribution in [2.75, 3.05) is 20.3 Å². The smallest absolute Gasteiger partial charge is 0.150 e. The molecule has 16 heavy (non-hydrogen) atoms. The maximum Gasteiger partial charge on any atom is 0.150 e. The van der Waals surface area contributed by atoms with Crippen molar-refractivity contribution < 1.29 is 9.53 Å². The maximum atomic E-state index is 11.0. The van der Waals surface area contributed by atoms with Gasteiger partial charge in [0.05, 0.1) is 13.2 Å². The molecule has 0 amide bonds. The van der Waals surface area contributed by atoms with Crippen molar-refractivity contribution in [1.82, 2.24) is 5.32 Å². The Bertz CT molecular complexity index is 402. The lowest BCUT2D eigenvalue weighted by atomic mass is 9.94. The lowest BCUT2D eigenvalue weighted by Gasteiger charge is -2.28. The van der Waals surface area contributed by atoms with E-state index in [2.05, 4.69) is 34.0 Å². The summed E-state index contributed by atoms with van der Waals surface area (Å²) in [4.78, 5) is 11.0. The van der Waals surface area contributed by atoms with Crippen molar-refractivity contribution in [2.24, 2.45) is 0 Å². The number of rotatable bonds is 4. The number of halogens is 1. The minimum atomic E-state index is 0.467. The molecule has 3 nitrogen and oxygen atoms in total. The molecule has 0 radical (unpaired) electrons. The Morgan fingerprint density at radius 2 is 2.31 bits per heavy atom. The first-order valence-corrected chi connectivity index (χ1v) is 6.34. The van der Waals surface area contributed by atoms with Crippen LogP contribution >= 0.6 is 22.6 Å². The van der Waals surface area contributed by atoms with Gasteiger partial charge in [0.25, 0.3) is 0 Å². The quantitative estimate of drug-likeness (QED) is 0.677. The van der Waals surface area contributed by atoms with Crippen molar-refractivity contribution in [2.45, 2.75) is 12.5 Å². The zero-order valence-electron chi connectivity index (χ0n) is 9.13. The summed E-state index contributed by atoms with van der Waals surface area (Å²) in [5.74, 6) is 0.467. The molecule has 0 bridgehead atoms. The number of hydrogen-bond donors (Lipinski definition) is 1. The van der Waals surface area contributed by atoms with Crippen molar-refractivity contribution in [3.05, 3.63) is 32.4 Å². The first-order chi connectivity index (χ1) is 7.76.